The van der Waals surface area contributed by atoms with E-state index in [1.807, 2.05) is 13.8 Å². The van der Waals surface area contributed by atoms with Crippen molar-refractivity contribution in [3.05, 3.63) is 10.1 Å². The van der Waals surface area contributed by atoms with E-state index in [-0.39, 0.29) is 22.9 Å². The number of unbranched alkanes of at least 4 members (excludes halogenated alkanes) is 2. The van der Waals surface area contributed by atoms with Gasteiger partial charge in [0.25, 0.3) is 0 Å². The van der Waals surface area contributed by atoms with Crippen LogP contribution in [0.1, 0.15) is 65.2 Å². The van der Waals surface area contributed by atoms with Gasteiger partial charge in [0.1, 0.15) is 0 Å². The van der Waals surface area contributed by atoms with Gasteiger partial charge in [-0.1, -0.05) is 62.7 Å². The van der Waals surface area contributed by atoms with Crippen molar-refractivity contribution < 1.29 is 19.8 Å². The molecule has 0 radical (unpaired) electrons. The minimum atomic E-state index is -0.892. The van der Waals surface area contributed by atoms with Crippen LogP contribution in [0.3, 0.4) is 0 Å². The number of carboxylic acids is 2. The number of carbonyl (C=O) groups is 2. The molecule has 0 aromatic rings. The lowest BCUT2D eigenvalue weighted by Crippen LogP contribution is -2.16. The molecule has 0 saturated heterocycles. The van der Waals surface area contributed by atoms with Crippen LogP contribution in [0.5, 0.6) is 0 Å². The fourth-order valence-electron chi connectivity index (χ4n) is 2.18. The predicted octanol–water partition coefficient (Wildman–Crippen LogP) is 5.24. The highest BCUT2D eigenvalue weighted by Crippen LogP contribution is 2.30. The molecule has 0 aliphatic carbocycles. The molecule has 6 heteroatoms. The first-order valence-electron chi connectivity index (χ1n) is 7.82. The number of hydrogen-bond donors (Lipinski definition) is 2. The van der Waals surface area contributed by atoms with Gasteiger partial charge in [-0.25, -0.2) is 0 Å². The number of rotatable bonds is 12. The molecular formula is C16H26Cl2O4. The molecular weight excluding hydrogens is 327 g/mol. The van der Waals surface area contributed by atoms with Gasteiger partial charge in [0.2, 0.25) is 0 Å². The lowest BCUT2D eigenvalue weighted by Gasteiger charge is -2.15. The molecule has 0 aromatic carbocycles. The Morgan fingerprint density at radius 3 is 1.36 bits per heavy atom. The molecule has 0 rings (SSSR count). The summed E-state index contributed by atoms with van der Waals surface area (Å²) < 4.78 is 0. The summed E-state index contributed by atoms with van der Waals surface area (Å²) in [6.45, 7) is 3.99. The first kappa shape index (κ1) is 21.3. The van der Waals surface area contributed by atoms with Crippen LogP contribution in [-0.2, 0) is 9.59 Å². The van der Waals surface area contributed by atoms with E-state index in [1.54, 1.807) is 0 Å². The molecule has 0 amide bonds. The third-order valence-electron chi connectivity index (χ3n) is 3.66. The fourth-order valence-corrected chi connectivity index (χ4v) is 2.71. The SMILES string of the molecule is CCCCC(CC(Cl)=C(Cl)CC(CCCC)C(=O)O)C(=O)O. The number of carboxylic acid groups (broad SMARTS) is 2. The van der Waals surface area contributed by atoms with Gasteiger partial charge < -0.3 is 10.2 Å². The van der Waals surface area contributed by atoms with E-state index in [4.69, 9.17) is 23.2 Å². The van der Waals surface area contributed by atoms with E-state index in [0.717, 1.165) is 25.7 Å². The summed E-state index contributed by atoms with van der Waals surface area (Å²) >= 11 is 12.2. The maximum absolute atomic E-state index is 11.2. The first-order chi connectivity index (χ1) is 10.3. The Balaban J connectivity index is 4.78. The quantitative estimate of drug-likeness (QED) is 0.503. The number of halogens is 2. The largest absolute Gasteiger partial charge is 0.481 e. The van der Waals surface area contributed by atoms with Crippen molar-refractivity contribution in [1.29, 1.82) is 0 Å². The monoisotopic (exact) mass is 352 g/mol. The average molecular weight is 353 g/mol. The Morgan fingerprint density at radius 1 is 0.818 bits per heavy atom. The zero-order valence-electron chi connectivity index (χ0n) is 13.3. The Bertz CT molecular complexity index is 358. The molecule has 22 heavy (non-hydrogen) atoms. The zero-order valence-corrected chi connectivity index (χ0v) is 14.8. The average Bonchev–Trinajstić information content (AvgIpc) is 2.46. The normalized spacial score (nSPS) is 15.1. The Kier molecular flexibility index (Phi) is 11.4. The topological polar surface area (TPSA) is 74.6 Å². The molecule has 128 valence electrons. The summed E-state index contributed by atoms with van der Waals surface area (Å²) in [5.41, 5.74) is 0. The molecule has 0 aliphatic rings. The summed E-state index contributed by atoms with van der Waals surface area (Å²) in [6.07, 6.45) is 4.87. The lowest BCUT2D eigenvalue weighted by molar-refractivity contribution is -0.143. The minimum Gasteiger partial charge on any atom is -0.481 e. The zero-order chi connectivity index (χ0) is 17.1. The predicted molar refractivity (Wildman–Crippen MR) is 89.3 cm³/mol. The van der Waals surface area contributed by atoms with Crippen molar-refractivity contribution >= 4 is 35.1 Å². The van der Waals surface area contributed by atoms with E-state index >= 15 is 0 Å². The molecule has 0 aromatic heterocycles. The van der Waals surface area contributed by atoms with Crippen LogP contribution in [0.2, 0.25) is 0 Å². The summed E-state index contributed by atoms with van der Waals surface area (Å²) in [4.78, 5) is 22.4. The first-order valence-corrected chi connectivity index (χ1v) is 8.57. The highest BCUT2D eigenvalue weighted by Gasteiger charge is 2.23. The van der Waals surface area contributed by atoms with Gasteiger partial charge in [-0.3, -0.25) is 9.59 Å². The molecule has 0 saturated carbocycles. The summed E-state index contributed by atoms with van der Waals surface area (Å²) in [5.74, 6) is -2.92. The molecule has 0 aliphatic heterocycles. The van der Waals surface area contributed by atoms with Gasteiger partial charge in [-0.2, -0.15) is 0 Å². The number of aliphatic carboxylic acids is 2. The third kappa shape index (κ3) is 8.64. The number of allylic oxidation sites excluding steroid dienone is 2. The second kappa shape index (κ2) is 11.8. The van der Waals surface area contributed by atoms with Crippen molar-refractivity contribution in [2.45, 2.75) is 65.2 Å². The van der Waals surface area contributed by atoms with Gasteiger partial charge in [-0.05, 0) is 25.7 Å². The Morgan fingerprint density at radius 2 is 1.14 bits per heavy atom. The summed E-state index contributed by atoms with van der Waals surface area (Å²) in [5, 5.41) is 18.9. The second-order valence-corrected chi connectivity index (χ2v) is 6.49. The van der Waals surface area contributed by atoms with Crippen LogP contribution < -0.4 is 0 Å². The van der Waals surface area contributed by atoms with Gasteiger partial charge in [0.15, 0.2) is 0 Å². The molecule has 0 fully saturated rings. The van der Waals surface area contributed by atoms with Crippen molar-refractivity contribution in [3.8, 4) is 0 Å². The fraction of sp³-hybridized carbons (Fsp3) is 0.750. The third-order valence-corrected chi connectivity index (χ3v) is 4.52. The minimum absolute atomic E-state index is 0.163. The highest BCUT2D eigenvalue weighted by atomic mass is 35.5. The second-order valence-electron chi connectivity index (χ2n) is 5.57. The smallest absolute Gasteiger partial charge is 0.306 e. The van der Waals surface area contributed by atoms with E-state index in [0.29, 0.717) is 12.8 Å². The van der Waals surface area contributed by atoms with Crippen molar-refractivity contribution in [1.82, 2.24) is 0 Å². The van der Waals surface area contributed by atoms with Crippen molar-refractivity contribution in [3.63, 3.8) is 0 Å². The summed E-state index contributed by atoms with van der Waals surface area (Å²) in [6, 6.07) is 0. The molecule has 0 heterocycles. The maximum atomic E-state index is 11.2. The standard InChI is InChI=1S/C16H26Cl2O4/c1-3-5-7-11(15(19)20)9-13(17)14(18)10-12(16(21)22)8-6-4-2/h11-12H,3-10H2,1-2H3,(H,19,20)(H,21,22). The van der Waals surface area contributed by atoms with Gasteiger partial charge in [0.05, 0.1) is 11.8 Å². The lowest BCUT2D eigenvalue weighted by atomic mass is 9.95. The molecule has 0 spiro atoms. The Labute approximate surface area is 142 Å². The maximum Gasteiger partial charge on any atom is 0.306 e. The van der Waals surface area contributed by atoms with E-state index in [9.17, 15) is 19.8 Å². The molecule has 0 bridgehead atoms. The van der Waals surface area contributed by atoms with Crippen LogP contribution in [0.15, 0.2) is 10.1 Å². The molecule has 2 unspecified atom stereocenters. The van der Waals surface area contributed by atoms with Crippen LogP contribution >= 0.6 is 23.2 Å². The highest BCUT2D eigenvalue weighted by molar-refractivity contribution is 6.39. The van der Waals surface area contributed by atoms with Crippen LogP contribution in [0.25, 0.3) is 0 Å². The molecule has 2 atom stereocenters. The van der Waals surface area contributed by atoms with Crippen LogP contribution in [-0.4, -0.2) is 22.2 Å². The van der Waals surface area contributed by atoms with Gasteiger partial charge in [-0.15, -0.1) is 0 Å². The van der Waals surface area contributed by atoms with E-state index in [1.165, 1.54) is 0 Å². The molecule has 4 nitrogen and oxygen atoms in total. The van der Waals surface area contributed by atoms with Gasteiger partial charge >= 0.3 is 11.9 Å². The van der Waals surface area contributed by atoms with Crippen molar-refractivity contribution in [2.75, 3.05) is 0 Å². The summed E-state index contributed by atoms with van der Waals surface area (Å²) in [7, 11) is 0. The van der Waals surface area contributed by atoms with E-state index in [2.05, 4.69) is 0 Å². The van der Waals surface area contributed by atoms with Crippen molar-refractivity contribution in [2.24, 2.45) is 11.8 Å². The van der Waals surface area contributed by atoms with E-state index < -0.39 is 23.8 Å². The number of hydrogen-bond acceptors (Lipinski definition) is 2. The van der Waals surface area contributed by atoms with Crippen LogP contribution in [0.4, 0.5) is 0 Å². The van der Waals surface area contributed by atoms with Gasteiger partial charge in [0, 0.05) is 10.1 Å². The van der Waals surface area contributed by atoms with Crippen LogP contribution in [0, 0.1) is 11.8 Å². The molecule has 2 N–H and O–H groups in total. The Hall–Kier alpha value is -0.740.